The third-order valence-corrected chi connectivity index (χ3v) is 12.9. The van der Waals surface area contributed by atoms with Crippen LogP contribution in [0.3, 0.4) is 0 Å². The molecule has 2 aliphatic heterocycles. The number of benzene rings is 2. The molecule has 51 heavy (non-hydrogen) atoms. The maximum Gasteiger partial charge on any atom is 0.242 e. The summed E-state index contributed by atoms with van der Waals surface area (Å²) in [6.07, 6.45) is 6.29. The summed E-state index contributed by atoms with van der Waals surface area (Å²) in [6.45, 7) is 3.83. The van der Waals surface area contributed by atoms with Crippen LogP contribution >= 0.6 is 22.9 Å². The predicted molar refractivity (Wildman–Crippen MR) is 193 cm³/mol. The Bertz CT molecular complexity index is 2250. The van der Waals surface area contributed by atoms with Gasteiger partial charge in [-0.2, -0.15) is 5.10 Å². The van der Waals surface area contributed by atoms with Crippen molar-refractivity contribution in [2.75, 3.05) is 19.1 Å². The Balaban J connectivity index is 1.23. The van der Waals surface area contributed by atoms with Gasteiger partial charge in [-0.05, 0) is 79.5 Å². The van der Waals surface area contributed by atoms with E-state index in [0.29, 0.717) is 28.5 Å². The molecule has 0 spiro atoms. The van der Waals surface area contributed by atoms with E-state index in [9.17, 15) is 24.3 Å². The summed E-state index contributed by atoms with van der Waals surface area (Å²) < 4.78 is 13.3. The van der Waals surface area contributed by atoms with Gasteiger partial charge in [-0.3, -0.25) is 29.2 Å². The number of carbonyl (C=O) groups excluding carboxylic acids is 4. The Kier molecular flexibility index (Phi) is 7.69. The van der Waals surface area contributed by atoms with Crippen molar-refractivity contribution in [1.29, 1.82) is 0 Å². The van der Waals surface area contributed by atoms with Crippen molar-refractivity contribution in [3.8, 4) is 27.8 Å². The van der Waals surface area contributed by atoms with Crippen LogP contribution in [0.4, 0.5) is 5.82 Å². The molecule has 2 N–H and O–H groups in total. The minimum atomic E-state index is -1.22. The molecule has 2 aromatic carbocycles. The van der Waals surface area contributed by atoms with E-state index in [4.69, 9.17) is 26.2 Å². The van der Waals surface area contributed by atoms with E-state index in [0.717, 1.165) is 26.1 Å². The highest BCUT2D eigenvalue weighted by molar-refractivity contribution is 7.22. The third-order valence-electron chi connectivity index (χ3n) is 11.4. The second kappa shape index (κ2) is 11.8. The molecule has 6 atom stereocenters. The molecule has 4 heterocycles. The normalized spacial score (nSPS) is 27.1. The third kappa shape index (κ3) is 4.79. The van der Waals surface area contributed by atoms with E-state index in [1.54, 1.807) is 41.3 Å². The lowest BCUT2D eigenvalue weighted by Crippen LogP contribution is -2.49. The van der Waals surface area contributed by atoms with E-state index in [-0.39, 0.29) is 47.3 Å². The van der Waals surface area contributed by atoms with Gasteiger partial charge in [0.25, 0.3) is 0 Å². The lowest BCUT2D eigenvalue weighted by atomic mass is 9.52. The average Bonchev–Trinajstić information content (AvgIpc) is 3.79. The van der Waals surface area contributed by atoms with Gasteiger partial charge in [0.15, 0.2) is 11.5 Å². The van der Waals surface area contributed by atoms with Crippen LogP contribution < -0.4 is 19.7 Å². The number of hydrogen-bond donors (Lipinski definition) is 2. The van der Waals surface area contributed by atoms with Crippen LogP contribution in [0.2, 0.25) is 5.02 Å². The molecule has 13 heteroatoms. The molecule has 8 rings (SSSR count). The highest BCUT2D eigenvalue weighted by Gasteiger charge is 2.66. The summed E-state index contributed by atoms with van der Waals surface area (Å²) in [5.74, 6) is -3.69. The summed E-state index contributed by atoms with van der Waals surface area (Å²) >= 11 is 7.86. The summed E-state index contributed by atoms with van der Waals surface area (Å²) in [6, 6.07) is 10.8. The average molecular weight is 727 g/mol. The first-order valence-electron chi connectivity index (χ1n) is 16.7. The number of methoxy groups -OCH3 is 2. The second-order valence-electron chi connectivity index (χ2n) is 13.9. The molecular weight excluding hydrogens is 692 g/mol. The monoisotopic (exact) mass is 726 g/mol. The number of imide groups is 2. The fourth-order valence-electron chi connectivity index (χ4n) is 8.78. The van der Waals surface area contributed by atoms with Gasteiger partial charge in [-0.15, -0.1) is 11.3 Å². The highest BCUT2D eigenvalue weighted by atomic mass is 35.5. The van der Waals surface area contributed by atoms with Crippen molar-refractivity contribution < 1.29 is 33.8 Å². The number of allylic oxidation sites excluding steroid dienone is 3. The standard InChI is InChI=1S/C38H35ClN4O7S/c1-17-22-14-19(39)7-11-29(22)51-33(17)26-16-30(42(3)41-26)43-36(47)25-15-23-20(8-9-21-31(23)35(46)40-34(21)45)24(38(25,2)37(43)48)10-6-18-12-27(49-4)32(44)28(13-18)50-5/h6-8,10-14,16,21,23-25,31,44H,9,15H2,1-5H3,(H,40,45,46)/t21-,23+,24-,25-,31-,38-/m0/s1. The SMILES string of the molecule is COc1cc(C=C[C@H]2C3=CC[C@@H]4C(=O)NC(=O)[C@@H]4[C@@H]3C[C@H]3C(=O)N(c4cc(-c5sc6ccc(Cl)cc6c5C)nn4C)C(=O)[C@@]23C)cc(OC)c1O. The number of aromatic nitrogens is 2. The number of ether oxygens (including phenoxy) is 2. The molecule has 2 aliphatic carbocycles. The van der Waals surface area contributed by atoms with Crippen molar-refractivity contribution in [2.24, 2.45) is 42.1 Å². The number of nitrogens with zero attached hydrogens (tertiary/aromatic N) is 3. The molecule has 4 aliphatic rings. The van der Waals surface area contributed by atoms with Gasteiger partial charge in [0.05, 0.1) is 42.3 Å². The first kappa shape index (κ1) is 33.2. The van der Waals surface area contributed by atoms with Gasteiger partial charge < -0.3 is 14.6 Å². The number of aryl methyl sites for hydroxylation is 2. The minimum absolute atomic E-state index is 0.141. The Morgan fingerprint density at radius 2 is 1.78 bits per heavy atom. The molecule has 0 bridgehead atoms. The maximum atomic E-state index is 14.9. The predicted octanol–water partition coefficient (Wildman–Crippen LogP) is 6.05. The van der Waals surface area contributed by atoms with Gasteiger partial charge in [0, 0.05) is 28.8 Å². The number of thiophene rings is 1. The molecule has 0 unspecified atom stereocenters. The number of rotatable bonds is 6. The topological polar surface area (TPSA) is 140 Å². The van der Waals surface area contributed by atoms with Crippen molar-refractivity contribution in [3.05, 3.63) is 70.3 Å². The number of aromatic hydroxyl groups is 1. The number of amides is 4. The molecule has 262 valence electrons. The van der Waals surface area contributed by atoms with Gasteiger partial charge in [0.2, 0.25) is 29.4 Å². The lowest BCUT2D eigenvalue weighted by molar-refractivity contribution is -0.132. The number of phenols is 1. The van der Waals surface area contributed by atoms with E-state index < -0.39 is 35.0 Å². The number of fused-ring (bicyclic) bond motifs is 5. The first-order valence-corrected chi connectivity index (χ1v) is 17.9. The summed E-state index contributed by atoms with van der Waals surface area (Å²) in [7, 11) is 4.60. The molecule has 4 aromatic rings. The van der Waals surface area contributed by atoms with Crippen molar-refractivity contribution in [3.63, 3.8) is 0 Å². The zero-order valence-corrected chi connectivity index (χ0v) is 30.1. The van der Waals surface area contributed by atoms with Crippen LogP contribution in [-0.4, -0.2) is 52.7 Å². The Labute approximate surface area is 302 Å². The van der Waals surface area contributed by atoms with Crippen LogP contribution in [0.15, 0.2) is 54.1 Å². The zero-order valence-electron chi connectivity index (χ0n) is 28.5. The van der Waals surface area contributed by atoms with Crippen LogP contribution in [-0.2, 0) is 26.2 Å². The fourth-order valence-corrected chi connectivity index (χ4v) is 10.1. The first-order chi connectivity index (χ1) is 24.4. The summed E-state index contributed by atoms with van der Waals surface area (Å²) in [4.78, 5) is 57.7. The van der Waals surface area contributed by atoms with Gasteiger partial charge in [-0.1, -0.05) is 35.4 Å². The highest BCUT2D eigenvalue weighted by Crippen LogP contribution is 2.60. The van der Waals surface area contributed by atoms with Gasteiger partial charge >= 0.3 is 0 Å². The number of hydrogen-bond acceptors (Lipinski definition) is 9. The van der Waals surface area contributed by atoms with Crippen molar-refractivity contribution >= 4 is 68.5 Å². The molecule has 2 saturated heterocycles. The molecule has 4 amide bonds. The van der Waals surface area contributed by atoms with Crippen molar-refractivity contribution in [2.45, 2.75) is 26.7 Å². The lowest BCUT2D eigenvalue weighted by Gasteiger charge is -2.47. The summed E-state index contributed by atoms with van der Waals surface area (Å²) in [5.41, 5.74) is 1.92. The van der Waals surface area contributed by atoms with E-state index in [1.165, 1.54) is 19.1 Å². The van der Waals surface area contributed by atoms with E-state index in [1.807, 2.05) is 50.3 Å². The molecule has 3 fully saturated rings. The minimum Gasteiger partial charge on any atom is -0.502 e. The number of phenolic OH excluding ortho intramolecular Hbond substituents is 1. The van der Waals surface area contributed by atoms with Crippen LogP contribution in [0.1, 0.15) is 30.9 Å². The molecular formula is C38H35ClN4O7S. The smallest absolute Gasteiger partial charge is 0.242 e. The van der Waals surface area contributed by atoms with Crippen molar-refractivity contribution in [1.82, 2.24) is 15.1 Å². The van der Waals surface area contributed by atoms with Gasteiger partial charge in [-0.25, -0.2) is 4.90 Å². The Morgan fingerprint density at radius 1 is 1.06 bits per heavy atom. The molecule has 1 saturated carbocycles. The van der Waals surface area contributed by atoms with E-state index in [2.05, 4.69) is 5.32 Å². The number of nitrogens with one attached hydrogen (secondary N) is 1. The Hall–Kier alpha value is -4.94. The Morgan fingerprint density at radius 3 is 2.49 bits per heavy atom. The maximum absolute atomic E-state index is 14.9. The van der Waals surface area contributed by atoms with Crippen LogP contribution in [0, 0.1) is 41.9 Å². The largest absolute Gasteiger partial charge is 0.502 e. The quantitative estimate of drug-likeness (QED) is 0.181. The molecule has 11 nitrogen and oxygen atoms in total. The number of halogens is 1. The molecule has 0 radical (unpaired) electrons. The molecule has 2 aromatic heterocycles. The number of carbonyl (C=O) groups is 4. The van der Waals surface area contributed by atoms with Crippen LogP contribution in [0.25, 0.3) is 26.7 Å². The summed E-state index contributed by atoms with van der Waals surface area (Å²) in [5, 5.41) is 19.4. The number of anilines is 1. The van der Waals surface area contributed by atoms with E-state index >= 15 is 0 Å². The van der Waals surface area contributed by atoms with Gasteiger partial charge in [0.1, 0.15) is 11.5 Å². The second-order valence-corrected chi connectivity index (χ2v) is 15.4. The fraction of sp³-hybridized carbons (Fsp3) is 0.342. The van der Waals surface area contributed by atoms with Crippen LogP contribution in [0.5, 0.6) is 17.2 Å². The zero-order chi connectivity index (χ0) is 36.1.